The summed E-state index contributed by atoms with van der Waals surface area (Å²) >= 11 is 0. The highest BCUT2D eigenvalue weighted by Crippen LogP contribution is 2.28. The van der Waals surface area contributed by atoms with Crippen molar-refractivity contribution in [1.82, 2.24) is 24.6 Å². The molecule has 1 amide bonds. The Bertz CT molecular complexity index is 1100. The molecular weight excluding hydrogens is 408 g/mol. The van der Waals surface area contributed by atoms with Crippen LogP contribution in [0.3, 0.4) is 0 Å². The summed E-state index contributed by atoms with van der Waals surface area (Å²) in [7, 11) is 1.48. The van der Waals surface area contributed by atoms with Gasteiger partial charge in [-0.25, -0.2) is 4.98 Å². The van der Waals surface area contributed by atoms with E-state index in [9.17, 15) is 9.59 Å². The lowest BCUT2D eigenvalue weighted by molar-refractivity contribution is -0.139. The molecule has 0 aliphatic rings. The predicted octanol–water partition coefficient (Wildman–Crippen LogP) is 1.76. The highest BCUT2D eigenvalue weighted by atomic mass is 16.5. The van der Waals surface area contributed by atoms with E-state index in [2.05, 4.69) is 10.2 Å². The minimum absolute atomic E-state index is 0.0309. The Labute approximate surface area is 187 Å². The Kier molecular flexibility index (Phi) is 8.02. The summed E-state index contributed by atoms with van der Waals surface area (Å²) < 4.78 is 6.75. The first kappa shape index (κ1) is 23.5. The van der Waals surface area contributed by atoms with Gasteiger partial charge >= 0.3 is 0 Å². The third-order valence-electron chi connectivity index (χ3n) is 5.28. The summed E-state index contributed by atoms with van der Waals surface area (Å²) in [5.74, 6) is 0.263. The van der Waals surface area contributed by atoms with Crippen molar-refractivity contribution in [2.75, 3.05) is 26.8 Å². The number of carbonyl (C=O) groups is 1. The fourth-order valence-corrected chi connectivity index (χ4v) is 3.82. The van der Waals surface area contributed by atoms with E-state index >= 15 is 0 Å². The number of benzene rings is 1. The van der Waals surface area contributed by atoms with Crippen molar-refractivity contribution in [3.8, 4) is 0 Å². The Morgan fingerprint density at radius 2 is 1.97 bits per heavy atom. The number of fused-ring (bicyclic) bond motifs is 1. The number of methoxy groups -OCH3 is 1. The topological polar surface area (TPSA) is 116 Å². The predicted molar refractivity (Wildman–Crippen MR) is 122 cm³/mol. The molecule has 0 aliphatic carbocycles. The molecule has 0 aliphatic heterocycles. The molecular formula is C23H30N6O3. The summed E-state index contributed by atoms with van der Waals surface area (Å²) in [6.07, 6.45) is 2.10. The number of carbonyl (C=O) groups excluding carboxylic acids is 1. The first-order valence-electron chi connectivity index (χ1n) is 10.7. The Morgan fingerprint density at radius 3 is 2.62 bits per heavy atom. The van der Waals surface area contributed by atoms with Crippen LogP contribution in [0.25, 0.3) is 11.0 Å². The van der Waals surface area contributed by atoms with Crippen molar-refractivity contribution >= 4 is 16.9 Å². The molecule has 2 N–H and O–H groups in total. The van der Waals surface area contributed by atoms with E-state index in [0.717, 1.165) is 5.56 Å². The van der Waals surface area contributed by atoms with Crippen LogP contribution in [0.15, 0.2) is 47.4 Å². The zero-order valence-corrected chi connectivity index (χ0v) is 18.8. The average molecular weight is 439 g/mol. The molecule has 1 aromatic carbocycles. The second-order valence-electron chi connectivity index (χ2n) is 7.97. The van der Waals surface area contributed by atoms with E-state index in [1.54, 1.807) is 15.5 Å². The van der Waals surface area contributed by atoms with Crippen molar-refractivity contribution < 1.29 is 9.53 Å². The number of rotatable bonds is 10. The van der Waals surface area contributed by atoms with Gasteiger partial charge in [-0.05, 0) is 30.5 Å². The fourth-order valence-electron chi connectivity index (χ4n) is 3.82. The molecule has 9 nitrogen and oxygen atoms in total. The molecule has 0 saturated heterocycles. The van der Waals surface area contributed by atoms with Crippen molar-refractivity contribution in [3.63, 3.8) is 0 Å². The lowest BCUT2D eigenvalue weighted by atomic mass is 10.00. The van der Waals surface area contributed by atoms with Gasteiger partial charge in [0.15, 0.2) is 5.65 Å². The standard InChI is InChI=1S/C23H30N6O3/c1-16(2)20(28(13-7-11-24)19(30)15-32-3)22-26-21-18(10-12-25-27-21)23(31)29(22)14-17-8-5-4-6-9-17/h4-6,8-10,12,16,20H,7,11,13-15,24H2,1-3H3. The zero-order chi connectivity index (χ0) is 23.1. The van der Waals surface area contributed by atoms with Crippen LogP contribution in [-0.4, -0.2) is 57.4 Å². The van der Waals surface area contributed by atoms with Crippen LogP contribution in [-0.2, 0) is 16.1 Å². The maximum atomic E-state index is 13.5. The average Bonchev–Trinajstić information content (AvgIpc) is 2.79. The molecule has 170 valence electrons. The van der Waals surface area contributed by atoms with Gasteiger partial charge in [-0.3, -0.25) is 14.2 Å². The van der Waals surface area contributed by atoms with E-state index < -0.39 is 6.04 Å². The van der Waals surface area contributed by atoms with Crippen LogP contribution >= 0.6 is 0 Å². The van der Waals surface area contributed by atoms with Crippen LogP contribution in [0.4, 0.5) is 0 Å². The molecule has 0 spiro atoms. The first-order chi connectivity index (χ1) is 15.5. The SMILES string of the molecule is COCC(=O)N(CCCN)C(c1nc2nnccc2c(=O)n1Cc1ccccc1)C(C)C. The zero-order valence-electron chi connectivity index (χ0n) is 18.8. The van der Waals surface area contributed by atoms with Gasteiger partial charge in [0.05, 0.1) is 24.2 Å². The Hall–Kier alpha value is -3.17. The first-order valence-corrected chi connectivity index (χ1v) is 10.7. The fraction of sp³-hybridized carbons (Fsp3) is 0.435. The number of hydrogen-bond donors (Lipinski definition) is 1. The van der Waals surface area contributed by atoms with Crippen LogP contribution in [0.2, 0.25) is 0 Å². The van der Waals surface area contributed by atoms with E-state index in [4.69, 9.17) is 15.5 Å². The van der Waals surface area contributed by atoms with Crippen LogP contribution in [0.5, 0.6) is 0 Å². The van der Waals surface area contributed by atoms with E-state index in [-0.39, 0.29) is 29.6 Å². The monoisotopic (exact) mass is 438 g/mol. The third kappa shape index (κ3) is 5.17. The maximum Gasteiger partial charge on any atom is 0.263 e. The van der Waals surface area contributed by atoms with Gasteiger partial charge in [0, 0.05) is 13.7 Å². The summed E-state index contributed by atoms with van der Waals surface area (Å²) in [6.45, 7) is 5.13. The smallest absolute Gasteiger partial charge is 0.263 e. The maximum absolute atomic E-state index is 13.5. The lowest BCUT2D eigenvalue weighted by Crippen LogP contribution is -2.43. The van der Waals surface area contributed by atoms with E-state index in [1.807, 2.05) is 44.2 Å². The molecule has 0 radical (unpaired) electrons. The van der Waals surface area contributed by atoms with E-state index in [1.165, 1.54) is 13.3 Å². The molecule has 1 atom stereocenters. The van der Waals surface area contributed by atoms with Gasteiger partial charge in [0.1, 0.15) is 12.4 Å². The number of hydrogen-bond acceptors (Lipinski definition) is 7. The van der Waals surface area contributed by atoms with E-state index in [0.29, 0.717) is 37.3 Å². The molecule has 0 saturated carbocycles. The molecule has 3 aromatic rings. The second-order valence-corrected chi connectivity index (χ2v) is 7.97. The molecule has 0 bridgehead atoms. The van der Waals surface area contributed by atoms with Gasteiger partial charge in [0.25, 0.3) is 5.56 Å². The number of nitrogens with zero attached hydrogens (tertiary/aromatic N) is 5. The highest BCUT2D eigenvalue weighted by molar-refractivity contribution is 5.78. The summed E-state index contributed by atoms with van der Waals surface area (Å²) in [5.41, 5.74) is 6.74. The Balaban J connectivity index is 2.22. The minimum atomic E-state index is -0.466. The number of nitrogens with two attached hydrogens (primary N) is 1. The molecule has 0 fully saturated rings. The number of ether oxygens (including phenoxy) is 1. The third-order valence-corrected chi connectivity index (χ3v) is 5.28. The van der Waals surface area contributed by atoms with Gasteiger partial charge < -0.3 is 15.4 Å². The quantitative estimate of drug-likeness (QED) is 0.513. The van der Waals surface area contributed by atoms with Crippen LogP contribution in [0.1, 0.15) is 37.7 Å². The van der Waals surface area contributed by atoms with Gasteiger partial charge in [0.2, 0.25) is 5.91 Å². The van der Waals surface area contributed by atoms with Gasteiger partial charge in [-0.1, -0.05) is 44.2 Å². The van der Waals surface area contributed by atoms with Gasteiger partial charge in [-0.2, -0.15) is 5.10 Å². The number of amides is 1. The van der Waals surface area contributed by atoms with Crippen molar-refractivity contribution in [1.29, 1.82) is 0 Å². The van der Waals surface area contributed by atoms with Gasteiger partial charge in [-0.15, -0.1) is 5.10 Å². The van der Waals surface area contributed by atoms with Crippen molar-refractivity contribution in [2.45, 2.75) is 32.9 Å². The van der Waals surface area contributed by atoms with Crippen LogP contribution in [0, 0.1) is 5.92 Å². The molecule has 1 unspecified atom stereocenters. The lowest BCUT2D eigenvalue weighted by Gasteiger charge is -2.35. The van der Waals surface area contributed by atoms with Crippen molar-refractivity contribution in [3.05, 3.63) is 64.3 Å². The molecule has 9 heteroatoms. The summed E-state index contributed by atoms with van der Waals surface area (Å²) in [6, 6.07) is 10.8. The second kappa shape index (κ2) is 10.9. The van der Waals surface area contributed by atoms with Crippen molar-refractivity contribution in [2.24, 2.45) is 11.7 Å². The molecule has 3 rings (SSSR count). The number of aromatic nitrogens is 4. The summed E-state index contributed by atoms with van der Waals surface area (Å²) in [4.78, 5) is 33.0. The Morgan fingerprint density at radius 1 is 1.22 bits per heavy atom. The molecule has 2 heterocycles. The normalized spacial score (nSPS) is 12.3. The molecule has 32 heavy (non-hydrogen) atoms. The summed E-state index contributed by atoms with van der Waals surface area (Å²) in [5, 5.41) is 8.35. The largest absolute Gasteiger partial charge is 0.375 e. The highest BCUT2D eigenvalue weighted by Gasteiger charge is 2.32. The van der Waals surface area contributed by atoms with Crippen LogP contribution < -0.4 is 11.3 Å². The minimum Gasteiger partial charge on any atom is -0.375 e. The molecule has 2 aromatic heterocycles.